The third kappa shape index (κ3) is 3.70. The zero-order chi connectivity index (χ0) is 17.0. The Bertz CT molecular complexity index is 734. The third-order valence-electron chi connectivity index (χ3n) is 3.61. The van der Waals surface area contributed by atoms with Crippen LogP contribution in [-0.2, 0) is 4.79 Å². The van der Waals surface area contributed by atoms with Crippen molar-refractivity contribution in [3.8, 4) is 16.9 Å². The number of aldehydes is 1. The van der Waals surface area contributed by atoms with Crippen LogP contribution in [0.4, 0.5) is 4.39 Å². The van der Waals surface area contributed by atoms with Crippen LogP contribution in [-0.4, -0.2) is 13.4 Å². The molecule has 0 aliphatic heterocycles. The van der Waals surface area contributed by atoms with Crippen molar-refractivity contribution in [3.63, 3.8) is 0 Å². The number of hydrogen-bond donors (Lipinski definition) is 0. The number of carbonyl (C=O) groups excluding carboxylic acids is 1. The van der Waals surface area contributed by atoms with E-state index in [1.807, 2.05) is 6.07 Å². The number of allylic oxidation sites excluding steroid dienone is 1. The number of ether oxygens (including phenoxy) is 1. The summed E-state index contributed by atoms with van der Waals surface area (Å²) in [5.74, 6) is 0.617. The maximum absolute atomic E-state index is 13.3. The van der Waals surface area contributed by atoms with Crippen LogP contribution in [0.1, 0.15) is 30.9 Å². The highest BCUT2D eigenvalue weighted by atomic mass is 79.9. The van der Waals surface area contributed by atoms with E-state index in [0.717, 1.165) is 33.0 Å². The monoisotopic (exact) mass is 376 g/mol. The average Bonchev–Trinajstić information content (AvgIpc) is 2.53. The standard InChI is InChI=1S/C19H18BrFO2/c1-12(2)16-11-17(20)19(23-3)18(15(16)5-4-10-22)13-6-8-14(21)9-7-13/h4-12H,1-3H3/b5-4+. The van der Waals surface area contributed by atoms with E-state index in [2.05, 4.69) is 29.8 Å². The second kappa shape index (κ2) is 7.55. The highest BCUT2D eigenvalue weighted by Crippen LogP contribution is 2.43. The molecule has 0 unspecified atom stereocenters. The summed E-state index contributed by atoms with van der Waals surface area (Å²) in [6.45, 7) is 4.17. The van der Waals surface area contributed by atoms with Crippen molar-refractivity contribution in [1.82, 2.24) is 0 Å². The Balaban J connectivity index is 2.85. The molecule has 0 amide bonds. The molecule has 0 aliphatic carbocycles. The average molecular weight is 377 g/mol. The Morgan fingerprint density at radius 1 is 1.22 bits per heavy atom. The van der Waals surface area contributed by atoms with Gasteiger partial charge in [-0.15, -0.1) is 0 Å². The lowest BCUT2D eigenvalue weighted by Gasteiger charge is -2.20. The Labute approximate surface area is 144 Å². The SMILES string of the molecule is COc1c(Br)cc(C(C)C)c(/C=C/C=O)c1-c1ccc(F)cc1. The molecule has 2 rings (SSSR count). The molecule has 0 aliphatic rings. The van der Waals surface area contributed by atoms with Gasteiger partial charge in [0.25, 0.3) is 0 Å². The lowest BCUT2D eigenvalue weighted by Crippen LogP contribution is -2.00. The van der Waals surface area contributed by atoms with Gasteiger partial charge in [-0.1, -0.05) is 32.1 Å². The van der Waals surface area contributed by atoms with Gasteiger partial charge in [-0.3, -0.25) is 4.79 Å². The first kappa shape index (κ1) is 17.4. The summed E-state index contributed by atoms with van der Waals surface area (Å²) < 4.78 is 19.7. The first-order valence-electron chi connectivity index (χ1n) is 7.27. The fourth-order valence-corrected chi connectivity index (χ4v) is 3.17. The zero-order valence-corrected chi connectivity index (χ0v) is 14.9. The minimum atomic E-state index is -0.295. The van der Waals surface area contributed by atoms with E-state index in [4.69, 9.17) is 4.74 Å². The van der Waals surface area contributed by atoms with Crippen molar-refractivity contribution < 1.29 is 13.9 Å². The molecule has 120 valence electrons. The molecule has 0 N–H and O–H groups in total. The van der Waals surface area contributed by atoms with Crippen LogP contribution < -0.4 is 4.74 Å². The van der Waals surface area contributed by atoms with Crippen molar-refractivity contribution in [2.45, 2.75) is 19.8 Å². The molecule has 0 spiro atoms. The maximum atomic E-state index is 13.3. The van der Waals surface area contributed by atoms with E-state index in [1.54, 1.807) is 25.3 Å². The van der Waals surface area contributed by atoms with Crippen LogP contribution in [0.5, 0.6) is 5.75 Å². The van der Waals surface area contributed by atoms with Gasteiger partial charge in [0.05, 0.1) is 11.6 Å². The molecular formula is C19H18BrFO2. The smallest absolute Gasteiger partial charge is 0.142 e. The molecule has 2 aromatic carbocycles. The second-order valence-corrected chi connectivity index (χ2v) is 6.28. The van der Waals surface area contributed by atoms with E-state index in [9.17, 15) is 9.18 Å². The first-order valence-corrected chi connectivity index (χ1v) is 8.07. The number of halogens is 2. The molecule has 0 heterocycles. The third-order valence-corrected chi connectivity index (χ3v) is 4.20. The maximum Gasteiger partial charge on any atom is 0.142 e. The highest BCUT2D eigenvalue weighted by Gasteiger charge is 2.19. The molecule has 0 saturated carbocycles. The number of methoxy groups -OCH3 is 1. The van der Waals surface area contributed by atoms with E-state index < -0.39 is 0 Å². The van der Waals surface area contributed by atoms with E-state index in [1.165, 1.54) is 18.2 Å². The summed E-state index contributed by atoms with van der Waals surface area (Å²) in [5.41, 5.74) is 3.65. The van der Waals surface area contributed by atoms with Gasteiger partial charge >= 0.3 is 0 Å². The van der Waals surface area contributed by atoms with Gasteiger partial charge in [-0.25, -0.2) is 4.39 Å². The topological polar surface area (TPSA) is 26.3 Å². The summed E-state index contributed by atoms with van der Waals surface area (Å²) in [4.78, 5) is 10.8. The molecule has 2 aromatic rings. The Hall–Kier alpha value is -1.94. The Morgan fingerprint density at radius 2 is 1.87 bits per heavy atom. The number of rotatable bonds is 5. The van der Waals surface area contributed by atoms with E-state index in [0.29, 0.717) is 5.75 Å². The van der Waals surface area contributed by atoms with Crippen LogP contribution >= 0.6 is 15.9 Å². The summed E-state index contributed by atoms with van der Waals surface area (Å²) in [6.07, 6.45) is 3.98. The molecule has 0 radical (unpaired) electrons. The largest absolute Gasteiger partial charge is 0.495 e. The van der Waals surface area contributed by atoms with Crippen molar-refractivity contribution in [3.05, 3.63) is 57.8 Å². The normalized spacial score (nSPS) is 11.2. The molecule has 0 saturated heterocycles. The van der Waals surface area contributed by atoms with Crippen molar-refractivity contribution in [1.29, 1.82) is 0 Å². The minimum absolute atomic E-state index is 0.253. The lowest BCUT2D eigenvalue weighted by molar-refractivity contribution is -0.104. The van der Waals surface area contributed by atoms with Gasteiger partial charge in [0.1, 0.15) is 17.9 Å². The Kier molecular flexibility index (Phi) is 5.72. The highest BCUT2D eigenvalue weighted by molar-refractivity contribution is 9.10. The number of benzene rings is 2. The van der Waals surface area contributed by atoms with Gasteiger partial charge in [0.15, 0.2) is 0 Å². The second-order valence-electron chi connectivity index (χ2n) is 5.43. The fraction of sp³-hybridized carbons (Fsp3) is 0.211. The molecule has 0 fully saturated rings. The van der Waals surface area contributed by atoms with Gasteiger partial charge in [-0.05, 0) is 62.8 Å². The van der Waals surface area contributed by atoms with Crippen molar-refractivity contribution in [2.24, 2.45) is 0 Å². The van der Waals surface area contributed by atoms with Gasteiger partial charge < -0.3 is 4.74 Å². The minimum Gasteiger partial charge on any atom is -0.495 e. The molecular weight excluding hydrogens is 359 g/mol. The number of carbonyl (C=O) groups is 1. The van der Waals surface area contributed by atoms with Crippen LogP contribution in [0.25, 0.3) is 17.2 Å². The quantitative estimate of drug-likeness (QED) is 0.501. The molecule has 0 aromatic heterocycles. The molecule has 0 bridgehead atoms. The van der Waals surface area contributed by atoms with Gasteiger partial charge in [-0.2, -0.15) is 0 Å². The van der Waals surface area contributed by atoms with E-state index in [-0.39, 0.29) is 11.7 Å². The predicted octanol–water partition coefficient (Wildman–Crippen LogP) is 5.60. The molecule has 2 nitrogen and oxygen atoms in total. The van der Waals surface area contributed by atoms with Crippen LogP contribution in [0.2, 0.25) is 0 Å². The molecule has 23 heavy (non-hydrogen) atoms. The van der Waals surface area contributed by atoms with Gasteiger partial charge in [0.2, 0.25) is 0 Å². The first-order chi connectivity index (χ1) is 11.0. The summed E-state index contributed by atoms with van der Waals surface area (Å²) in [7, 11) is 1.59. The fourth-order valence-electron chi connectivity index (χ4n) is 2.56. The predicted molar refractivity (Wildman–Crippen MR) is 95.3 cm³/mol. The van der Waals surface area contributed by atoms with Gasteiger partial charge in [0, 0.05) is 5.56 Å². The molecule has 0 atom stereocenters. The lowest BCUT2D eigenvalue weighted by atomic mass is 9.89. The molecule has 4 heteroatoms. The zero-order valence-electron chi connectivity index (χ0n) is 13.3. The van der Waals surface area contributed by atoms with Crippen LogP contribution in [0.15, 0.2) is 40.9 Å². The Morgan fingerprint density at radius 3 is 2.39 bits per heavy atom. The van der Waals surface area contributed by atoms with Crippen molar-refractivity contribution in [2.75, 3.05) is 7.11 Å². The van der Waals surface area contributed by atoms with Crippen LogP contribution in [0.3, 0.4) is 0 Å². The van der Waals surface area contributed by atoms with E-state index >= 15 is 0 Å². The summed E-state index contributed by atoms with van der Waals surface area (Å²) >= 11 is 3.55. The van der Waals surface area contributed by atoms with Crippen molar-refractivity contribution >= 4 is 28.3 Å². The summed E-state index contributed by atoms with van der Waals surface area (Å²) in [5, 5.41) is 0. The summed E-state index contributed by atoms with van der Waals surface area (Å²) in [6, 6.07) is 8.25. The number of hydrogen-bond acceptors (Lipinski definition) is 2. The van der Waals surface area contributed by atoms with Crippen LogP contribution in [0, 0.1) is 5.82 Å².